The van der Waals surface area contributed by atoms with Crippen LogP contribution >= 0.6 is 22.6 Å². The van der Waals surface area contributed by atoms with Gasteiger partial charge in [-0.05, 0) is 22.6 Å². The maximum absolute atomic E-state index is 12.4. The quantitative estimate of drug-likeness (QED) is 0.388. The largest absolute Gasteiger partial charge is 0.379 e. The highest BCUT2D eigenvalue weighted by Crippen LogP contribution is 2.10. The molecule has 1 saturated heterocycles. The zero-order chi connectivity index (χ0) is 6.69. The maximum atomic E-state index is 12.4. The Balaban J connectivity index is 2.23. The summed E-state index contributed by atoms with van der Waals surface area (Å²) in [5, 5.41) is 0. The number of halogens is 2. The van der Waals surface area contributed by atoms with E-state index in [1.165, 1.54) is 0 Å². The van der Waals surface area contributed by atoms with Gasteiger partial charge in [0.25, 0.3) is 0 Å². The molecule has 1 heterocycles. The Labute approximate surface area is 67.5 Å². The first-order valence-corrected chi connectivity index (χ1v) is 4.15. The summed E-state index contributed by atoms with van der Waals surface area (Å²) in [5.74, 6) is 0. The Morgan fingerprint density at radius 1 is 1.44 bits per heavy atom. The van der Waals surface area contributed by atoms with Gasteiger partial charge in [-0.25, -0.2) is 4.39 Å². The van der Waals surface area contributed by atoms with Gasteiger partial charge in [0.1, 0.15) is 0 Å². The van der Waals surface area contributed by atoms with E-state index in [9.17, 15) is 4.39 Å². The number of rotatable bonds is 1. The third-order valence-corrected chi connectivity index (χ3v) is 2.11. The fraction of sp³-hybridized carbons (Fsp3) is 1.00. The lowest BCUT2D eigenvalue weighted by molar-refractivity contribution is 0.0132. The second-order valence-electron chi connectivity index (χ2n) is 1.93. The molecular formula is C5H9FINO. The molecule has 0 bridgehead atoms. The van der Waals surface area contributed by atoms with Gasteiger partial charge in [-0.15, -0.1) is 0 Å². The molecule has 0 radical (unpaired) electrons. The van der Waals surface area contributed by atoms with Crippen LogP contribution in [0.5, 0.6) is 0 Å². The Hall–Kier alpha value is 0.580. The van der Waals surface area contributed by atoms with Crippen LogP contribution in [0, 0.1) is 0 Å². The molecule has 1 aliphatic heterocycles. The van der Waals surface area contributed by atoms with Crippen molar-refractivity contribution in [1.29, 1.82) is 0 Å². The minimum Gasteiger partial charge on any atom is -0.379 e. The number of ether oxygens (including phenoxy) is 1. The Morgan fingerprint density at radius 3 is 2.33 bits per heavy atom. The third-order valence-electron chi connectivity index (χ3n) is 1.32. The van der Waals surface area contributed by atoms with E-state index >= 15 is 0 Å². The van der Waals surface area contributed by atoms with E-state index in [0.29, 0.717) is 13.2 Å². The predicted molar refractivity (Wildman–Crippen MR) is 41.3 cm³/mol. The van der Waals surface area contributed by atoms with Crippen molar-refractivity contribution < 1.29 is 9.13 Å². The molecule has 0 N–H and O–H groups in total. The van der Waals surface area contributed by atoms with Gasteiger partial charge in [-0.3, -0.25) is 4.90 Å². The molecule has 2 nitrogen and oxygen atoms in total. The normalized spacial score (nSPS) is 26.0. The van der Waals surface area contributed by atoms with Crippen molar-refractivity contribution in [2.75, 3.05) is 26.3 Å². The first kappa shape index (κ1) is 7.68. The van der Waals surface area contributed by atoms with Crippen molar-refractivity contribution in [3.05, 3.63) is 0 Å². The Morgan fingerprint density at radius 2 is 2.00 bits per heavy atom. The summed E-state index contributed by atoms with van der Waals surface area (Å²) in [6.07, 6.45) is 0. The van der Waals surface area contributed by atoms with Gasteiger partial charge in [0.15, 0.2) is 0 Å². The van der Waals surface area contributed by atoms with Gasteiger partial charge in [-0.1, -0.05) is 0 Å². The van der Waals surface area contributed by atoms with Crippen molar-refractivity contribution in [3.63, 3.8) is 0 Å². The first-order chi connectivity index (χ1) is 4.30. The van der Waals surface area contributed by atoms with Crippen LogP contribution in [0.15, 0.2) is 0 Å². The van der Waals surface area contributed by atoms with Crippen LogP contribution < -0.4 is 0 Å². The first-order valence-electron chi connectivity index (χ1n) is 2.90. The lowest BCUT2D eigenvalue weighted by Gasteiger charge is -2.26. The molecule has 1 fully saturated rings. The van der Waals surface area contributed by atoms with Crippen LogP contribution in [-0.4, -0.2) is 35.5 Å². The number of hydrogen-bond donors (Lipinski definition) is 0. The number of morpholine rings is 1. The average Bonchev–Trinajstić information content (AvgIpc) is 1.90. The lowest BCUT2D eigenvalue weighted by atomic mass is 10.5. The average molecular weight is 245 g/mol. The van der Waals surface area contributed by atoms with E-state index in [-0.39, 0.29) is 0 Å². The number of hydrogen-bond acceptors (Lipinski definition) is 2. The molecule has 1 aliphatic rings. The minimum atomic E-state index is -0.841. The summed E-state index contributed by atoms with van der Waals surface area (Å²) in [4.78, 5) is 1.75. The van der Waals surface area contributed by atoms with Crippen molar-refractivity contribution in [2.45, 2.75) is 4.30 Å². The summed E-state index contributed by atoms with van der Waals surface area (Å²) in [6.45, 7) is 2.79. The van der Waals surface area contributed by atoms with Crippen molar-refractivity contribution >= 4 is 22.6 Å². The SMILES string of the molecule is FC(I)N1CCOCC1. The van der Waals surface area contributed by atoms with Crippen LogP contribution in [0.25, 0.3) is 0 Å². The van der Waals surface area contributed by atoms with Crippen molar-refractivity contribution in [3.8, 4) is 0 Å². The third kappa shape index (κ3) is 2.35. The molecule has 0 aromatic rings. The van der Waals surface area contributed by atoms with Gasteiger partial charge in [-0.2, -0.15) is 0 Å². The molecule has 54 valence electrons. The van der Waals surface area contributed by atoms with Gasteiger partial charge in [0.2, 0.25) is 4.30 Å². The molecule has 0 aromatic heterocycles. The minimum absolute atomic E-state index is 0.670. The molecule has 4 heteroatoms. The predicted octanol–water partition coefficient (Wildman–Crippen LogP) is 1.01. The van der Waals surface area contributed by atoms with Gasteiger partial charge >= 0.3 is 0 Å². The van der Waals surface area contributed by atoms with Gasteiger partial charge < -0.3 is 4.74 Å². The second kappa shape index (κ2) is 3.68. The number of nitrogens with zero attached hydrogens (tertiary/aromatic N) is 1. The van der Waals surface area contributed by atoms with Gasteiger partial charge in [0, 0.05) is 13.1 Å². The Kier molecular flexibility index (Phi) is 3.14. The van der Waals surface area contributed by atoms with E-state index in [2.05, 4.69) is 0 Å². The number of alkyl halides is 2. The summed E-state index contributed by atoms with van der Waals surface area (Å²) in [6, 6.07) is 0. The van der Waals surface area contributed by atoms with E-state index in [0.717, 1.165) is 13.1 Å². The summed E-state index contributed by atoms with van der Waals surface area (Å²) in [5.41, 5.74) is 0. The molecule has 0 amide bonds. The van der Waals surface area contributed by atoms with E-state index < -0.39 is 4.30 Å². The van der Waals surface area contributed by atoms with Crippen LogP contribution in [0.4, 0.5) is 4.39 Å². The topological polar surface area (TPSA) is 12.5 Å². The molecule has 1 unspecified atom stereocenters. The highest BCUT2D eigenvalue weighted by atomic mass is 127. The summed E-state index contributed by atoms with van der Waals surface area (Å²) in [7, 11) is 0. The zero-order valence-electron chi connectivity index (χ0n) is 5.02. The summed E-state index contributed by atoms with van der Waals surface area (Å²) < 4.78 is 16.6. The fourth-order valence-corrected chi connectivity index (χ4v) is 1.33. The molecule has 0 saturated carbocycles. The van der Waals surface area contributed by atoms with Gasteiger partial charge in [0.05, 0.1) is 13.2 Å². The van der Waals surface area contributed by atoms with Crippen LogP contribution in [0.2, 0.25) is 0 Å². The van der Waals surface area contributed by atoms with Crippen molar-refractivity contribution in [1.82, 2.24) is 4.90 Å². The van der Waals surface area contributed by atoms with Crippen LogP contribution in [0.3, 0.4) is 0 Å². The second-order valence-corrected chi connectivity index (χ2v) is 2.95. The molecule has 1 atom stereocenters. The lowest BCUT2D eigenvalue weighted by Crippen LogP contribution is -2.38. The smallest absolute Gasteiger partial charge is 0.205 e. The van der Waals surface area contributed by atoms with Crippen molar-refractivity contribution in [2.24, 2.45) is 0 Å². The summed E-state index contributed by atoms with van der Waals surface area (Å²) >= 11 is 1.77. The zero-order valence-corrected chi connectivity index (χ0v) is 7.17. The highest BCUT2D eigenvalue weighted by Gasteiger charge is 2.16. The van der Waals surface area contributed by atoms with Crippen LogP contribution in [0.1, 0.15) is 0 Å². The monoisotopic (exact) mass is 245 g/mol. The molecular weight excluding hydrogens is 236 g/mol. The standard InChI is InChI=1S/C5H9FINO/c6-5(7)8-1-3-9-4-2-8/h5H,1-4H2. The van der Waals surface area contributed by atoms with Crippen LogP contribution in [-0.2, 0) is 4.74 Å². The fourth-order valence-electron chi connectivity index (χ4n) is 0.773. The highest BCUT2D eigenvalue weighted by molar-refractivity contribution is 14.1. The molecule has 9 heavy (non-hydrogen) atoms. The van der Waals surface area contributed by atoms with E-state index in [4.69, 9.17) is 4.74 Å². The molecule has 0 spiro atoms. The molecule has 1 rings (SSSR count). The maximum Gasteiger partial charge on any atom is 0.205 e. The van der Waals surface area contributed by atoms with E-state index in [1.807, 2.05) is 0 Å². The molecule has 0 aliphatic carbocycles. The molecule has 0 aromatic carbocycles. The Bertz CT molecular complexity index is 85.0. The van der Waals surface area contributed by atoms with E-state index in [1.54, 1.807) is 27.5 Å².